The van der Waals surface area contributed by atoms with Crippen LogP contribution in [0.3, 0.4) is 0 Å². The van der Waals surface area contributed by atoms with E-state index in [0.29, 0.717) is 10.9 Å². The van der Waals surface area contributed by atoms with Gasteiger partial charge in [-0.15, -0.1) is 0 Å². The summed E-state index contributed by atoms with van der Waals surface area (Å²) in [7, 11) is 0. The first-order valence-corrected chi connectivity index (χ1v) is 7.90. The number of rotatable bonds is 4. The van der Waals surface area contributed by atoms with Gasteiger partial charge in [0, 0.05) is 30.6 Å². The summed E-state index contributed by atoms with van der Waals surface area (Å²) in [6.07, 6.45) is 2.84. The van der Waals surface area contributed by atoms with Crippen molar-refractivity contribution in [2.75, 3.05) is 30.7 Å². The second-order valence-electron chi connectivity index (χ2n) is 4.61. The monoisotopic (exact) mass is 279 g/mol. The van der Waals surface area contributed by atoms with E-state index in [0.717, 1.165) is 37.5 Å². The van der Waals surface area contributed by atoms with Gasteiger partial charge in [-0.2, -0.15) is 11.8 Å². The van der Waals surface area contributed by atoms with Crippen molar-refractivity contribution in [1.82, 2.24) is 9.88 Å². The lowest BCUT2D eigenvalue weighted by atomic mass is 10.2. The lowest BCUT2D eigenvalue weighted by Gasteiger charge is -2.31. The zero-order valence-corrected chi connectivity index (χ0v) is 12.4. The third kappa shape index (κ3) is 3.62. The van der Waals surface area contributed by atoms with Gasteiger partial charge in [-0.3, -0.25) is 4.79 Å². The van der Waals surface area contributed by atoms with Gasteiger partial charge in [-0.25, -0.2) is 4.98 Å². The average molecular weight is 279 g/mol. The molecule has 1 N–H and O–H groups in total. The Morgan fingerprint density at radius 2 is 2.37 bits per heavy atom. The predicted octanol–water partition coefficient (Wildman–Crippen LogP) is 2.48. The molecule has 19 heavy (non-hydrogen) atoms. The minimum absolute atomic E-state index is 0.0572. The summed E-state index contributed by atoms with van der Waals surface area (Å²) in [5, 5.41) is 3.75. The fourth-order valence-corrected chi connectivity index (χ4v) is 3.32. The van der Waals surface area contributed by atoms with E-state index in [1.807, 2.05) is 35.7 Å². The summed E-state index contributed by atoms with van der Waals surface area (Å²) < 4.78 is 0. The van der Waals surface area contributed by atoms with E-state index >= 15 is 0 Å². The Labute approximate surface area is 119 Å². The van der Waals surface area contributed by atoms with Gasteiger partial charge in [0.2, 0.25) is 0 Å². The van der Waals surface area contributed by atoms with Crippen LogP contribution in [0.15, 0.2) is 18.3 Å². The lowest BCUT2D eigenvalue weighted by Crippen LogP contribution is -2.42. The van der Waals surface area contributed by atoms with Crippen molar-refractivity contribution in [2.24, 2.45) is 0 Å². The zero-order chi connectivity index (χ0) is 13.7. The smallest absolute Gasteiger partial charge is 0.272 e. The van der Waals surface area contributed by atoms with Crippen LogP contribution < -0.4 is 5.32 Å². The molecule has 1 aromatic heterocycles. The van der Waals surface area contributed by atoms with Crippen LogP contribution in [0.4, 0.5) is 5.69 Å². The number of pyridine rings is 1. The molecule has 1 amide bonds. The normalized spacial score (nSPS) is 19.3. The minimum atomic E-state index is 0.0572. The highest BCUT2D eigenvalue weighted by Crippen LogP contribution is 2.22. The van der Waals surface area contributed by atoms with Crippen LogP contribution in [0.2, 0.25) is 0 Å². The fourth-order valence-electron chi connectivity index (χ4n) is 2.14. The van der Waals surface area contributed by atoms with Crippen molar-refractivity contribution in [3.63, 3.8) is 0 Å². The van der Waals surface area contributed by atoms with Crippen LogP contribution in [0.5, 0.6) is 0 Å². The molecular weight excluding hydrogens is 258 g/mol. The van der Waals surface area contributed by atoms with Crippen molar-refractivity contribution >= 4 is 23.4 Å². The summed E-state index contributed by atoms with van der Waals surface area (Å²) in [6, 6.07) is 3.72. The highest BCUT2D eigenvalue weighted by atomic mass is 32.2. The van der Waals surface area contributed by atoms with Gasteiger partial charge < -0.3 is 10.2 Å². The molecule has 104 valence electrons. The van der Waals surface area contributed by atoms with E-state index in [4.69, 9.17) is 0 Å². The fraction of sp³-hybridized carbons (Fsp3) is 0.571. The van der Waals surface area contributed by atoms with Gasteiger partial charge in [0.05, 0.1) is 11.9 Å². The van der Waals surface area contributed by atoms with E-state index in [1.54, 1.807) is 6.20 Å². The first-order chi connectivity index (χ1) is 9.24. The second-order valence-corrected chi connectivity index (χ2v) is 6.02. The van der Waals surface area contributed by atoms with Crippen LogP contribution in [0.1, 0.15) is 30.8 Å². The second kappa shape index (κ2) is 6.80. The number of nitrogens with one attached hydrogen (secondary N) is 1. The quantitative estimate of drug-likeness (QED) is 0.919. The summed E-state index contributed by atoms with van der Waals surface area (Å²) in [6.45, 7) is 6.74. The van der Waals surface area contributed by atoms with E-state index in [-0.39, 0.29) is 5.91 Å². The Kier molecular flexibility index (Phi) is 5.07. The molecule has 2 rings (SSSR count). The molecule has 0 bridgehead atoms. The molecule has 0 spiro atoms. The first kappa shape index (κ1) is 14.2. The molecule has 1 unspecified atom stereocenters. The molecule has 1 aliphatic rings. The molecule has 2 heterocycles. The van der Waals surface area contributed by atoms with Gasteiger partial charge in [-0.05, 0) is 25.5 Å². The first-order valence-electron chi connectivity index (χ1n) is 6.85. The number of hydrogen-bond donors (Lipinski definition) is 1. The Bertz CT molecular complexity index is 421. The molecule has 1 aromatic rings. The van der Waals surface area contributed by atoms with Crippen molar-refractivity contribution in [3.8, 4) is 0 Å². The van der Waals surface area contributed by atoms with Gasteiger partial charge >= 0.3 is 0 Å². The van der Waals surface area contributed by atoms with E-state index in [2.05, 4.69) is 17.2 Å². The molecule has 5 heteroatoms. The number of thioether (sulfide) groups is 1. The molecule has 4 nitrogen and oxygen atoms in total. The number of aromatic nitrogens is 1. The number of amides is 1. The molecule has 0 saturated carbocycles. The molecule has 1 fully saturated rings. The highest BCUT2D eigenvalue weighted by molar-refractivity contribution is 8.00. The number of hydrogen-bond acceptors (Lipinski definition) is 4. The Morgan fingerprint density at radius 3 is 3.00 bits per heavy atom. The number of carbonyl (C=O) groups excluding carboxylic acids is 1. The van der Waals surface area contributed by atoms with Crippen LogP contribution in [-0.4, -0.2) is 46.4 Å². The number of carbonyl (C=O) groups is 1. The Balaban J connectivity index is 2.02. The van der Waals surface area contributed by atoms with Crippen molar-refractivity contribution in [3.05, 3.63) is 24.0 Å². The van der Waals surface area contributed by atoms with Gasteiger partial charge in [0.1, 0.15) is 5.69 Å². The zero-order valence-electron chi connectivity index (χ0n) is 11.6. The van der Waals surface area contributed by atoms with Crippen LogP contribution in [0, 0.1) is 0 Å². The summed E-state index contributed by atoms with van der Waals surface area (Å²) >= 11 is 1.96. The van der Waals surface area contributed by atoms with Crippen molar-refractivity contribution in [1.29, 1.82) is 0 Å². The van der Waals surface area contributed by atoms with Gasteiger partial charge in [-0.1, -0.05) is 6.92 Å². The predicted molar refractivity (Wildman–Crippen MR) is 80.8 cm³/mol. The third-order valence-electron chi connectivity index (χ3n) is 3.24. The maximum atomic E-state index is 12.4. The minimum Gasteiger partial charge on any atom is -0.384 e. The van der Waals surface area contributed by atoms with Crippen molar-refractivity contribution < 1.29 is 4.79 Å². The van der Waals surface area contributed by atoms with Crippen LogP contribution >= 0.6 is 11.8 Å². The topological polar surface area (TPSA) is 45.2 Å². The van der Waals surface area contributed by atoms with E-state index in [1.165, 1.54) is 0 Å². The maximum absolute atomic E-state index is 12.4. The third-order valence-corrected chi connectivity index (χ3v) is 4.62. The SMILES string of the molecule is CCNc1ccc(C(=O)N2CCSC(CC)C2)nc1. The summed E-state index contributed by atoms with van der Waals surface area (Å²) in [4.78, 5) is 18.6. The van der Waals surface area contributed by atoms with Gasteiger partial charge in [0.25, 0.3) is 5.91 Å². The Hall–Kier alpha value is -1.23. The lowest BCUT2D eigenvalue weighted by molar-refractivity contribution is 0.0755. The summed E-state index contributed by atoms with van der Waals surface area (Å²) in [5.41, 5.74) is 1.50. The molecule has 1 atom stereocenters. The molecule has 1 aliphatic heterocycles. The van der Waals surface area contributed by atoms with E-state index in [9.17, 15) is 4.79 Å². The van der Waals surface area contributed by atoms with Gasteiger partial charge in [0.15, 0.2) is 0 Å². The highest BCUT2D eigenvalue weighted by Gasteiger charge is 2.24. The molecular formula is C14H21N3OS. The Morgan fingerprint density at radius 1 is 1.53 bits per heavy atom. The molecule has 0 aliphatic carbocycles. The van der Waals surface area contributed by atoms with Crippen LogP contribution in [0.25, 0.3) is 0 Å². The summed E-state index contributed by atoms with van der Waals surface area (Å²) in [5.74, 6) is 1.08. The molecule has 0 aromatic carbocycles. The number of nitrogens with zero attached hydrogens (tertiary/aromatic N) is 2. The molecule has 1 saturated heterocycles. The van der Waals surface area contributed by atoms with Crippen LogP contribution in [-0.2, 0) is 0 Å². The molecule has 0 radical (unpaired) electrons. The average Bonchev–Trinajstić information content (AvgIpc) is 2.48. The van der Waals surface area contributed by atoms with E-state index < -0.39 is 0 Å². The maximum Gasteiger partial charge on any atom is 0.272 e. The largest absolute Gasteiger partial charge is 0.384 e. The number of anilines is 1. The standard InChI is InChI=1S/C14H21N3OS/c1-3-12-10-17(7-8-19-12)14(18)13-6-5-11(9-16-13)15-4-2/h5-6,9,12,15H,3-4,7-8,10H2,1-2H3. The van der Waals surface area contributed by atoms with Crippen molar-refractivity contribution in [2.45, 2.75) is 25.5 Å².